The lowest BCUT2D eigenvalue weighted by molar-refractivity contribution is 0.587. The second-order valence-corrected chi connectivity index (χ2v) is 4.81. The summed E-state index contributed by atoms with van der Waals surface area (Å²) in [5.74, 6) is -1.48. The van der Waals surface area contributed by atoms with E-state index in [0.29, 0.717) is 10.9 Å². The maximum Gasteiger partial charge on any atom is 0.167 e. The number of rotatable bonds is 1. The summed E-state index contributed by atoms with van der Waals surface area (Å²) >= 11 is 6.09. The van der Waals surface area contributed by atoms with Crippen LogP contribution < -0.4 is 0 Å². The second kappa shape index (κ2) is 4.80. The number of nitrogens with zero attached hydrogens (tertiary/aromatic N) is 2. The monoisotopic (exact) mass is 290 g/mol. The van der Waals surface area contributed by atoms with E-state index in [9.17, 15) is 8.78 Å². The zero-order valence-electron chi connectivity index (χ0n) is 10.5. The first-order valence-electron chi connectivity index (χ1n) is 5.94. The average molecular weight is 291 g/mol. The van der Waals surface area contributed by atoms with Gasteiger partial charge in [0.15, 0.2) is 5.82 Å². The van der Waals surface area contributed by atoms with E-state index < -0.39 is 11.6 Å². The topological polar surface area (TPSA) is 25.8 Å². The summed E-state index contributed by atoms with van der Waals surface area (Å²) < 4.78 is 27.5. The normalized spacial score (nSPS) is 11.0. The number of hydrogen-bond acceptors (Lipinski definition) is 2. The van der Waals surface area contributed by atoms with E-state index in [1.54, 1.807) is 6.07 Å². The molecular weight excluding hydrogens is 282 g/mol. The van der Waals surface area contributed by atoms with Crippen molar-refractivity contribution in [3.05, 3.63) is 58.7 Å². The third-order valence-electron chi connectivity index (χ3n) is 2.99. The zero-order valence-corrected chi connectivity index (χ0v) is 11.2. The van der Waals surface area contributed by atoms with E-state index in [1.807, 2.05) is 19.1 Å². The van der Waals surface area contributed by atoms with Crippen LogP contribution in [0.15, 0.2) is 36.4 Å². The summed E-state index contributed by atoms with van der Waals surface area (Å²) in [5, 5.41) is 0.837. The molecule has 0 bridgehead atoms. The minimum Gasteiger partial charge on any atom is -0.228 e. The van der Waals surface area contributed by atoms with Crippen molar-refractivity contribution < 1.29 is 8.78 Å². The van der Waals surface area contributed by atoms with Crippen molar-refractivity contribution in [3.8, 4) is 11.4 Å². The molecule has 0 saturated carbocycles. The van der Waals surface area contributed by atoms with E-state index >= 15 is 0 Å². The van der Waals surface area contributed by atoms with Crippen LogP contribution in [0.5, 0.6) is 0 Å². The SMILES string of the molecule is Cc1ccc2nc(-c3c(F)cccc3F)nc(Cl)c2c1. The highest BCUT2D eigenvalue weighted by Crippen LogP contribution is 2.28. The van der Waals surface area contributed by atoms with E-state index in [1.165, 1.54) is 6.07 Å². The molecule has 0 aliphatic carbocycles. The molecular formula is C15H9ClF2N2. The van der Waals surface area contributed by atoms with E-state index in [-0.39, 0.29) is 16.5 Å². The van der Waals surface area contributed by atoms with Gasteiger partial charge in [-0.25, -0.2) is 18.7 Å². The summed E-state index contributed by atoms with van der Waals surface area (Å²) in [6.07, 6.45) is 0. The Kier molecular flexibility index (Phi) is 3.10. The smallest absolute Gasteiger partial charge is 0.167 e. The van der Waals surface area contributed by atoms with Gasteiger partial charge in [0.05, 0.1) is 11.1 Å². The summed E-state index contributed by atoms with van der Waals surface area (Å²) in [5.41, 5.74) is 1.29. The lowest BCUT2D eigenvalue weighted by atomic mass is 10.1. The minimum absolute atomic E-state index is 0.0537. The van der Waals surface area contributed by atoms with Gasteiger partial charge in [-0.2, -0.15) is 0 Å². The van der Waals surface area contributed by atoms with Crippen LogP contribution in [0.1, 0.15) is 5.56 Å². The van der Waals surface area contributed by atoms with Gasteiger partial charge in [-0.15, -0.1) is 0 Å². The van der Waals surface area contributed by atoms with E-state index in [4.69, 9.17) is 11.6 Å². The summed E-state index contributed by atoms with van der Waals surface area (Å²) in [6.45, 7) is 1.92. The average Bonchev–Trinajstić information content (AvgIpc) is 2.39. The molecule has 2 aromatic carbocycles. The predicted molar refractivity (Wildman–Crippen MR) is 74.6 cm³/mol. The highest BCUT2D eigenvalue weighted by Gasteiger charge is 2.16. The van der Waals surface area contributed by atoms with Crippen LogP contribution in [0, 0.1) is 18.6 Å². The minimum atomic E-state index is -0.715. The Bertz CT molecular complexity index is 798. The van der Waals surface area contributed by atoms with Gasteiger partial charge in [0.2, 0.25) is 0 Å². The number of fused-ring (bicyclic) bond motifs is 1. The van der Waals surface area contributed by atoms with Crippen molar-refractivity contribution in [2.45, 2.75) is 6.92 Å². The molecule has 0 saturated heterocycles. The maximum absolute atomic E-state index is 13.8. The molecule has 5 heteroatoms. The molecule has 3 rings (SSSR count). The molecule has 0 spiro atoms. The van der Waals surface area contributed by atoms with Crippen LogP contribution in [0.3, 0.4) is 0 Å². The van der Waals surface area contributed by atoms with Crippen molar-refractivity contribution in [2.75, 3.05) is 0 Å². The lowest BCUT2D eigenvalue weighted by Gasteiger charge is -2.07. The molecule has 100 valence electrons. The molecule has 1 aromatic heterocycles. The second-order valence-electron chi connectivity index (χ2n) is 4.46. The Morgan fingerprint density at radius 2 is 1.70 bits per heavy atom. The Hall–Kier alpha value is -2.07. The maximum atomic E-state index is 13.8. The van der Waals surface area contributed by atoms with Crippen molar-refractivity contribution in [3.63, 3.8) is 0 Å². The molecule has 0 aliphatic heterocycles. The van der Waals surface area contributed by atoms with Gasteiger partial charge in [0.25, 0.3) is 0 Å². The fourth-order valence-corrected chi connectivity index (χ4v) is 2.26. The Labute approximate surface area is 119 Å². The number of hydrogen-bond donors (Lipinski definition) is 0. The molecule has 3 aromatic rings. The van der Waals surface area contributed by atoms with Crippen LogP contribution in [0.25, 0.3) is 22.3 Å². The largest absolute Gasteiger partial charge is 0.228 e. The molecule has 0 aliphatic rings. The Morgan fingerprint density at radius 3 is 2.40 bits per heavy atom. The highest BCUT2D eigenvalue weighted by atomic mass is 35.5. The van der Waals surface area contributed by atoms with Gasteiger partial charge in [0, 0.05) is 5.39 Å². The van der Waals surface area contributed by atoms with Crippen molar-refractivity contribution in [2.24, 2.45) is 0 Å². The quantitative estimate of drug-likeness (QED) is 0.615. The van der Waals surface area contributed by atoms with Gasteiger partial charge in [0.1, 0.15) is 16.8 Å². The number of aryl methyl sites for hydroxylation is 1. The van der Waals surface area contributed by atoms with Crippen LogP contribution in [0.4, 0.5) is 8.78 Å². The molecule has 0 amide bonds. The molecule has 2 nitrogen and oxygen atoms in total. The van der Waals surface area contributed by atoms with Crippen molar-refractivity contribution in [1.29, 1.82) is 0 Å². The molecule has 0 fully saturated rings. The standard InChI is InChI=1S/C15H9ClF2N2/c1-8-5-6-12-9(7-8)14(16)20-15(19-12)13-10(17)3-2-4-11(13)18/h2-7H,1H3. The molecule has 0 atom stereocenters. The third-order valence-corrected chi connectivity index (χ3v) is 3.28. The first-order valence-corrected chi connectivity index (χ1v) is 6.32. The molecule has 0 unspecified atom stereocenters. The van der Waals surface area contributed by atoms with Crippen molar-refractivity contribution in [1.82, 2.24) is 9.97 Å². The van der Waals surface area contributed by atoms with Gasteiger partial charge in [-0.05, 0) is 31.2 Å². The Morgan fingerprint density at radius 1 is 1.00 bits per heavy atom. The lowest BCUT2D eigenvalue weighted by Crippen LogP contribution is -1.97. The third kappa shape index (κ3) is 2.12. The number of halogens is 3. The summed E-state index contributed by atoms with van der Waals surface area (Å²) in [7, 11) is 0. The predicted octanol–water partition coefficient (Wildman–Crippen LogP) is 4.54. The highest BCUT2D eigenvalue weighted by molar-refractivity contribution is 6.34. The fourth-order valence-electron chi connectivity index (χ4n) is 2.03. The number of benzene rings is 2. The number of aromatic nitrogens is 2. The first kappa shape index (κ1) is 12.9. The van der Waals surface area contributed by atoms with Crippen molar-refractivity contribution >= 4 is 22.5 Å². The van der Waals surface area contributed by atoms with Gasteiger partial charge < -0.3 is 0 Å². The zero-order chi connectivity index (χ0) is 14.3. The van der Waals surface area contributed by atoms with Gasteiger partial charge in [-0.3, -0.25) is 0 Å². The summed E-state index contributed by atoms with van der Waals surface area (Å²) in [6, 6.07) is 9.05. The molecule has 0 N–H and O–H groups in total. The Balaban J connectivity index is 2.31. The fraction of sp³-hybridized carbons (Fsp3) is 0.0667. The molecule has 1 heterocycles. The van der Waals surface area contributed by atoms with Gasteiger partial charge >= 0.3 is 0 Å². The van der Waals surface area contributed by atoms with Crippen LogP contribution in [-0.2, 0) is 0 Å². The van der Waals surface area contributed by atoms with Gasteiger partial charge in [-0.1, -0.05) is 29.3 Å². The first-order chi connectivity index (χ1) is 9.56. The van der Waals surface area contributed by atoms with Crippen LogP contribution >= 0.6 is 11.6 Å². The van der Waals surface area contributed by atoms with Crippen LogP contribution in [-0.4, -0.2) is 9.97 Å². The summed E-state index contributed by atoms with van der Waals surface area (Å²) in [4.78, 5) is 8.20. The molecule has 20 heavy (non-hydrogen) atoms. The van der Waals surface area contributed by atoms with E-state index in [2.05, 4.69) is 9.97 Å². The molecule has 0 radical (unpaired) electrons. The van der Waals surface area contributed by atoms with Crippen LogP contribution in [0.2, 0.25) is 5.15 Å². The van der Waals surface area contributed by atoms with E-state index in [0.717, 1.165) is 17.7 Å².